The van der Waals surface area contributed by atoms with Gasteiger partial charge in [0.25, 0.3) is 0 Å². The molecular weight excluding hydrogens is 244 g/mol. The molecule has 0 spiro atoms. The number of rotatable bonds is 4. The maximum absolute atomic E-state index is 11.7. The summed E-state index contributed by atoms with van der Waals surface area (Å²) in [5.74, 6) is 1.66. The van der Waals surface area contributed by atoms with Crippen molar-refractivity contribution in [1.82, 2.24) is 15.5 Å². The van der Waals surface area contributed by atoms with Gasteiger partial charge in [-0.05, 0) is 6.42 Å². The van der Waals surface area contributed by atoms with E-state index in [2.05, 4.69) is 27.8 Å². The third kappa shape index (κ3) is 2.93. The molecular formula is C9H14N4OS2. The van der Waals surface area contributed by atoms with E-state index in [-0.39, 0.29) is 11.9 Å². The highest BCUT2D eigenvalue weighted by Crippen LogP contribution is 2.18. The molecule has 2 rings (SSSR count). The Bertz CT molecular complexity index is 362. The van der Waals surface area contributed by atoms with Gasteiger partial charge in [0, 0.05) is 18.1 Å². The lowest BCUT2D eigenvalue weighted by Crippen LogP contribution is -2.37. The predicted octanol–water partition coefficient (Wildman–Crippen LogP) is 1.09. The third-order valence-corrected chi connectivity index (χ3v) is 4.03. The Hall–Kier alpha value is -0.660. The third-order valence-electron chi connectivity index (χ3n) is 2.19. The van der Waals surface area contributed by atoms with Crippen molar-refractivity contribution in [3.63, 3.8) is 0 Å². The first kappa shape index (κ1) is 11.8. The molecule has 0 aromatic carbocycles. The monoisotopic (exact) mass is 258 g/mol. The lowest BCUT2D eigenvalue weighted by atomic mass is 10.3. The number of carbonyl (C=O) groups is 1. The molecule has 0 aliphatic carbocycles. The van der Waals surface area contributed by atoms with E-state index in [9.17, 15) is 4.79 Å². The molecule has 1 fully saturated rings. The van der Waals surface area contributed by atoms with E-state index in [1.165, 1.54) is 11.3 Å². The van der Waals surface area contributed by atoms with Crippen molar-refractivity contribution < 1.29 is 4.79 Å². The second-order valence-corrected chi connectivity index (χ2v) is 5.60. The second kappa shape index (κ2) is 5.60. The number of anilines is 1. The van der Waals surface area contributed by atoms with Crippen molar-refractivity contribution in [3.8, 4) is 0 Å². The minimum Gasteiger partial charge on any atom is -0.299 e. The molecule has 1 amide bonds. The highest BCUT2D eigenvalue weighted by molar-refractivity contribution is 7.99. The van der Waals surface area contributed by atoms with Crippen LogP contribution < -0.4 is 10.6 Å². The van der Waals surface area contributed by atoms with Gasteiger partial charge in [0.15, 0.2) is 0 Å². The Morgan fingerprint density at radius 2 is 2.50 bits per heavy atom. The Kier molecular flexibility index (Phi) is 4.14. The van der Waals surface area contributed by atoms with Crippen LogP contribution in [0.3, 0.4) is 0 Å². The van der Waals surface area contributed by atoms with E-state index in [0.717, 1.165) is 29.5 Å². The maximum Gasteiger partial charge on any atom is 0.244 e. The molecule has 1 aromatic rings. The van der Waals surface area contributed by atoms with Crippen molar-refractivity contribution in [2.45, 2.75) is 25.8 Å². The van der Waals surface area contributed by atoms with Crippen molar-refractivity contribution in [2.24, 2.45) is 0 Å². The van der Waals surface area contributed by atoms with E-state index < -0.39 is 0 Å². The average Bonchev–Trinajstić information content (AvgIpc) is 2.89. The van der Waals surface area contributed by atoms with Crippen molar-refractivity contribution >= 4 is 34.1 Å². The number of amides is 1. The quantitative estimate of drug-likeness (QED) is 0.846. The number of nitrogens with one attached hydrogen (secondary N) is 2. The van der Waals surface area contributed by atoms with Gasteiger partial charge < -0.3 is 0 Å². The van der Waals surface area contributed by atoms with Crippen LogP contribution in [0.15, 0.2) is 0 Å². The number of aromatic nitrogens is 2. The highest BCUT2D eigenvalue weighted by Gasteiger charge is 2.23. The predicted molar refractivity (Wildman–Crippen MR) is 66.8 cm³/mol. The molecule has 1 atom stereocenters. The number of aryl methyl sites for hydroxylation is 1. The van der Waals surface area contributed by atoms with Gasteiger partial charge in [-0.2, -0.15) is 0 Å². The zero-order valence-corrected chi connectivity index (χ0v) is 10.7. The minimum absolute atomic E-state index is 0.0100. The normalized spacial score (nSPS) is 19.9. The van der Waals surface area contributed by atoms with Gasteiger partial charge in [-0.1, -0.05) is 18.3 Å². The molecule has 1 aliphatic rings. The van der Waals surface area contributed by atoms with Gasteiger partial charge in [0.05, 0.1) is 6.04 Å². The summed E-state index contributed by atoms with van der Waals surface area (Å²) in [6, 6.07) is -0.0940. The summed E-state index contributed by atoms with van der Waals surface area (Å²) in [5, 5.41) is 15.5. The van der Waals surface area contributed by atoms with Crippen LogP contribution in [0.5, 0.6) is 0 Å². The van der Waals surface area contributed by atoms with E-state index in [0.29, 0.717) is 5.13 Å². The molecule has 16 heavy (non-hydrogen) atoms. The first-order chi connectivity index (χ1) is 7.79. The zero-order chi connectivity index (χ0) is 11.4. The molecule has 2 N–H and O–H groups in total. The summed E-state index contributed by atoms with van der Waals surface area (Å²) in [7, 11) is 0. The van der Waals surface area contributed by atoms with E-state index in [4.69, 9.17) is 0 Å². The molecule has 5 nitrogen and oxygen atoms in total. The summed E-state index contributed by atoms with van der Waals surface area (Å²) in [5.41, 5.74) is 0. The van der Waals surface area contributed by atoms with Crippen LogP contribution in [0.1, 0.15) is 18.4 Å². The Balaban J connectivity index is 1.89. The lowest BCUT2D eigenvalue weighted by Gasteiger charge is -2.06. The van der Waals surface area contributed by atoms with Gasteiger partial charge >= 0.3 is 0 Å². The lowest BCUT2D eigenvalue weighted by molar-refractivity contribution is -0.117. The molecule has 88 valence electrons. The molecule has 1 aromatic heterocycles. The van der Waals surface area contributed by atoms with Gasteiger partial charge in [-0.3, -0.25) is 15.4 Å². The summed E-state index contributed by atoms with van der Waals surface area (Å²) in [6.45, 7) is 2.10. The second-order valence-electron chi connectivity index (χ2n) is 3.51. The number of thioether (sulfide) groups is 1. The van der Waals surface area contributed by atoms with E-state index in [1.807, 2.05) is 0 Å². The zero-order valence-electron chi connectivity index (χ0n) is 9.02. The summed E-state index contributed by atoms with van der Waals surface area (Å²) in [4.78, 5) is 11.7. The van der Waals surface area contributed by atoms with Crippen molar-refractivity contribution in [2.75, 3.05) is 16.9 Å². The molecule has 0 bridgehead atoms. The summed E-state index contributed by atoms with van der Waals surface area (Å²) >= 11 is 3.19. The standard InChI is InChI=1S/C9H14N4OS2/c1-2-3-7-12-13-9(16-7)11-8(14)6-4-15-5-10-6/h6,10H,2-5H2,1H3,(H,11,13,14). The first-order valence-electron chi connectivity index (χ1n) is 5.24. The topological polar surface area (TPSA) is 66.9 Å². The van der Waals surface area contributed by atoms with Gasteiger partial charge in [0.2, 0.25) is 11.0 Å². The average molecular weight is 258 g/mol. The van der Waals surface area contributed by atoms with Crippen LogP contribution in [-0.2, 0) is 11.2 Å². The van der Waals surface area contributed by atoms with Crippen LogP contribution >= 0.6 is 23.1 Å². The Morgan fingerprint density at radius 1 is 1.62 bits per heavy atom. The molecule has 0 radical (unpaired) electrons. The summed E-state index contributed by atoms with van der Waals surface area (Å²) in [6.07, 6.45) is 1.97. The van der Waals surface area contributed by atoms with E-state index >= 15 is 0 Å². The molecule has 1 unspecified atom stereocenters. The van der Waals surface area contributed by atoms with E-state index in [1.54, 1.807) is 11.8 Å². The number of hydrogen-bond donors (Lipinski definition) is 2. The van der Waals surface area contributed by atoms with Crippen LogP contribution in [0.25, 0.3) is 0 Å². The van der Waals surface area contributed by atoms with Crippen LogP contribution in [0.2, 0.25) is 0 Å². The largest absolute Gasteiger partial charge is 0.299 e. The minimum atomic E-state index is -0.0940. The fourth-order valence-electron chi connectivity index (χ4n) is 1.38. The van der Waals surface area contributed by atoms with Gasteiger partial charge in [-0.15, -0.1) is 22.0 Å². The van der Waals surface area contributed by atoms with Crippen molar-refractivity contribution in [1.29, 1.82) is 0 Å². The smallest absolute Gasteiger partial charge is 0.244 e. The first-order valence-corrected chi connectivity index (χ1v) is 7.21. The summed E-state index contributed by atoms with van der Waals surface area (Å²) < 4.78 is 0. The SMILES string of the molecule is CCCc1nnc(NC(=O)C2CSCN2)s1. The van der Waals surface area contributed by atoms with Crippen LogP contribution in [-0.4, -0.2) is 33.8 Å². The Labute approximate surface area is 102 Å². The van der Waals surface area contributed by atoms with Crippen molar-refractivity contribution in [3.05, 3.63) is 5.01 Å². The molecule has 1 aliphatic heterocycles. The van der Waals surface area contributed by atoms with Gasteiger partial charge in [-0.25, -0.2) is 0 Å². The fourth-order valence-corrected chi connectivity index (χ4v) is 3.16. The molecule has 2 heterocycles. The van der Waals surface area contributed by atoms with Crippen LogP contribution in [0.4, 0.5) is 5.13 Å². The Morgan fingerprint density at radius 3 is 3.19 bits per heavy atom. The van der Waals surface area contributed by atoms with Crippen LogP contribution in [0, 0.1) is 0 Å². The highest BCUT2D eigenvalue weighted by atomic mass is 32.2. The molecule has 1 saturated heterocycles. The number of nitrogens with zero attached hydrogens (tertiary/aromatic N) is 2. The number of carbonyl (C=O) groups excluding carboxylic acids is 1. The number of hydrogen-bond acceptors (Lipinski definition) is 6. The van der Waals surface area contributed by atoms with Gasteiger partial charge in [0.1, 0.15) is 5.01 Å². The maximum atomic E-state index is 11.7. The fraction of sp³-hybridized carbons (Fsp3) is 0.667. The molecule has 7 heteroatoms. The molecule has 0 saturated carbocycles.